The molecule has 0 radical (unpaired) electrons. The van der Waals surface area contributed by atoms with Crippen LogP contribution < -0.4 is 5.32 Å². The second kappa shape index (κ2) is 4.47. The van der Waals surface area contributed by atoms with Gasteiger partial charge in [0.05, 0.1) is 0 Å². The molecule has 1 aliphatic rings. The summed E-state index contributed by atoms with van der Waals surface area (Å²) < 4.78 is 0. The van der Waals surface area contributed by atoms with Crippen molar-refractivity contribution in [2.45, 2.75) is 32.2 Å². The fourth-order valence-electron chi connectivity index (χ4n) is 1.83. The molecule has 2 rings (SSSR count). The highest BCUT2D eigenvalue weighted by Gasteiger charge is 2.24. The number of nitrogens with one attached hydrogen (secondary N) is 1. The summed E-state index contributed by atoms with van der Waals surface area (Å²) in [5, 5.41) is 13.9. The van der Waals surface area contributed by atoms with Crippen molar-refractivity contribution >= 4 is 11.5 Å². The van der Waals surface area contributed by atoms with Gasteiger partial charge in [-0.3, -0.25) is 0 Å². The Hall–Kier alpha value is -1.65. The molecule has 0 aromatic carbocycles. The van der Waals surface area contributed by atoms with Crippen LogP contribution in [0.3, 0.4) is 0 Å². The smallest absolute Gasteiger partial charge is 0.376 e. The second-order valence-corrected chi connectivity index (χ2v) is 4.36. The third-order valence-electron chi connectivity index (χ3n) is 2.75. The molecule has 1 heterocycles. The molecule has 1 N–H and O–H groups in total. The summed E-state index contributed by atoms with van der Waals surface area (Å²) in [5.41, 5.74) is 0.514. The van der Waals surface area contributed by atoms with Gasteiger partial charge >= 0.3 is 5.82 Å². The molecular weight excluding hydrogens is 206 g/mol. The van der Waals surface area contributed by atoms with E-state index in [1.165, 1.54) is 19.0 Å². The molecule has 1 aromatic heterocycles. The van der Waals surface area contributed by atoms with Crippen LogP contribution in [0.2, 0.25) is 0 Å². The van der Waals surface area contributed by atoms with Crippen LogP contribution in [0.25, 0.3) is 0 Å². The number of aromatic nitrogens is 1. The molecule has 0 amide bonds. The summed E-state index contributed by atoms with van der Waals surface area (Å²) >= 11 is 0. The molecule has 0 spiro atoms. The number of nitrogens with zero attached hydrogens (tertiary/aromatic N) is 2. The predicted octanol–water partition coefficient (Wildman–Crippen LogP) is 2.59. The zero-order chi connectivity index (χ0) is 11.5. The van der Waals surface area contributed by atoms with E-state index in [2.05, 4.69) is 17.2 Å². The Morgan fingerprint density at radius 3 is 3.06 bits per heavy atom. The fraction of sp³-hybridized carbons (Fsp3) is 0.545. The summed E-state index contributed by atoms with van der Waals surface area (Å²) in [7, 11) is 0. The SMILES string of the molecule is CC(CC1CC1)Nc1cccnc1[N+](=O)[O-]. The first-order valence-electron chi connectivity index (χ1n) is 5.52. The van der Waals surface area contributed by atoms with Gasteiger partial charge < -0.3 is 15.4 Å². The molecule has 86 valence electrons. The van der Waals surface area contributed by atoms with Gasteiger partial charge in [0.2, 0.25) is 0 Å². The maximum absolute atomic E-state index is 10.7. The molecule has 0 bridgehead atoms. The lowest BCUT2D eigenvalue weighted by Gasteiger charge is -2.14. The molecule has 0 aliphatic heterocycles. The van der Waals surface area contributed by atoms with Crippen molar-refractivity contribution in [1.82, 2.24) is 4.98 Å². The van der Waals surface area contributed by atoms with E-state index < -0.39 is 4.92 Å². The van der Waals surface area contributed by atoms with Crippen LogP contribution in [0.5, 0.6) is 0 Å². The molecule has 1 aliphatic carbocycles. The molecule has 1 saturated carbocycles. The summed E-state index contributed by atoms with van der Waals surface area (Å²) in [6.45, 7) is 2.05. The minimum absolute atomic E-state index is 0.0925. The fourth-order valence-corrected chi connectivity index (χ4v) is 1.83. The standard InChI is InChI=1S/C11H15N3O2/c1-8(7-9-4-5-9)13-10-3-2-6-12-11(10)14(15)16/h2-3,6,8-9,13H,4-5,7H2,1H3. The summed E-state index contributed by atoms with van der Waals surface area (Å²) in [6, 6.07) is 3.67. The van der Waals surface area contributed by atoms with Gasteiger partial charge in [-0.1, -0.05) is 12.8 Å². The Morgan fingerprint density at radius 1 is 1.69 bits per heavy atom. The third kappa shape index (κ3) is 2.68. The lowest BCUT2D eigenvalue weighted by Crippen LogP contribution is -2.16. The predicted molar refractivity (Wildman–Crippen MR) is 61.3 cm³/mol. The highest BCUT2D eigenvalue weighted by atomic mass is 16.6. The van der Waals surface area contributed by atoms with Gasteiger partial charge in [0.1, 0.15) is 11.9 Å². The largest absolute Gasteiger partial charge is 0.386 e. The van der Waals surface area contributed by atoms with Gasteiger partial charge in [-0.15, -0.1) is 0 Å². The Bertz CT molecular complexity index is 391. The van der Waals surface area contributed by atoms with Crippen LogP contribution in [-0.4, -0.2) is 15.9 Å². The average molecular weight is 221 g/mol. The molecule has 1 fully saturated rings. The average Bonchev–Trinajstić information content (AvgIpc) is 3.02. The highest BCUT2D eigenvalue weighted by molar-refractivity contribution is 5.57. The Balaban J connectivity index is 2.04. The second-order valence-electron chi connectivity index (χ2n) is 4.36. The van der Waals surface area contributed by atoms with Crippen LogP contribution >= 0.6 is 0 Å². The normalized spacial score (nSPS) is 16.8. The van der Waals surface area contributed by atoms with Crippen molar-refractivity contribution in [2.24, 2.45) is 5.92 Å². The highest BCUT2D eigenvalue weighted by Crippen LogP contribution is 2.34. The number of rotatable bonds is 5. The van der Waals surface area contributed by atoms with E-state index in [9.17, 15) is 10.1 Å². The van der Waals surface area contributed by atoms with Crippen LogP contribution in [0, 0.1) is 16.0 Å². The van der Waals surface area contributed by atoms with Crippen molar-refractivity contribution in [1.29, 1.82) is 0 Å². The quantitative estimate of drug-likeness (QED) is 0.613. The number of nitro groups is 1. The summed E-state index contributed by atoms with van der Waals surface area (Å²) in [5.74, 6) is 0.711. The topological polar surface area (TPSA) is 68.1 Å². The third-order valence-corrected chi connectivity index (χ3v) is 2.75. The molecule has 1 unspecified atom stereocenters. The van der Waals surface area contributed by atoms with Crippen LogP contribution in [0.1, 0.15) is 26.2 Å². The van der Waals surface area contributed by atoms with E-state index in [1.54, 1.807) is 12.1 Å². The van der Waals surface area contributed by atoms with Gasteiger partial charge in [-0.2, -0.15) is 0 Å². The minimum atomic E-state index is -0.452. The molecule has 5 nitrogen and oxygen atoms in total. The summed E-state index contributed by atoms with van der Waals surface area (Å²) in [4.78, 5) is 14.1. The lowest BCUT2D eigenvalue weighted by molar-refractivity contribution is -0.388. The van der Waals surface area contributed by atoms with Crippen molar-refractivity contribution in [3.8, 4) is 0 Å². The van der Waals surface area contributed by atoms with E-state index >= 15 is 0 Å². The molecule has 1 aromatic rings. The van der Waals surface area contributed by atoms with E-state index in [4.69, 9.17) is 0 Å². The molecular formula is C11H15N3O2. The van der Waals surface area contributed by atoms with Crippen LogP contribution in [0.15, 0.2) is 18.3 Å². The van der Waals surface area contributed by atoms with Crippen molar-refractivity contribution in [3.63, 3.8) is 0 Å². The van der Waals surface area contributed by atoms with E-state index in [0.717, 1.165) is 12.3 Å². The first-order valence-corrected chi connectivity index (χ1v) is 5.52. The Morgan fingerprint density at radius 2 is 2.44 bits per heavy atom. The van der Waals surface area contributed by atoms with E-state index in [1.807, 2.05) is 0 Å². The number of anilines is 1. The first kappa shape index (κ1) is 10.9. The van der Waals surface area contributed by atoms with E-state index in [-0.39, 0.29) is 11.9 Å². The maximum atomic E-state index is 10.7. The minimum Gasteiger partial charge on any atom is -0.376 e. The van der Waals surface area contributed by atoms with Gasteiger partial charge in [-0.05, 0) is 41.3 Å². The Labute approximate surface area is 94.0 Å². The Kier molecular flexibility index (Phi) is 3.03. The number of hydrogen-bond donors (Lipinski definition) is 1. The van der Waals surface area contributed by atoms with Crippen LogP contribution in [0.4, 0.5) is 11.5 Å². The van der Waals surface area contributed by atoms with E-state index in [0.29, 0.717) is 5.69 Å². The zero-order valence-electron chi connectivity index (χ0n) is 9.22. The van der Waals surface area contributed by atoms with Gasteiger partial charge in [0, 0.05) is 6.04 Å². The van der Waals surface area contributed by atoms with Crippen molar-refractivity contribution in [3.05, 3.63) is 28.4 Å². The zero-order valence-corrected chi connectivity index (χ0v) is 9.22. The van der Waals surface area contributed by atoms with Crippen molar-refractivity contribution in [2.75, 3.05) is 5.32 Å². The molecule has 0 saturated heterocycles. The molecule has 1 atom stereocenters. The van der Waals surface area contributed by atoms with Gasteiger partial charge in [0.15, 0.2) is 0 Å². The maximum Gasteiger partial charge on any atom is 0.386 e. The van der Waals surface area contributed by atoms with Crippen molar-refractivity contribution < 1.29 is 4.92 Å². The van der Waals surface area contributed by atoms with Crippen LogP contribution in [-0.2, 0) is 0 Å². The molecule has 16 heavy (non-hydrogen) atoms. The lowest BCUT2D eigenvalue weighted by atomic mass is 10.1. The van der Waals surface area contributed by atoms with Gasteiger partial charge in [0.25, 0.3) is 0 Å². The summed E-state index contributed by atoms with van der Waals surface area (Å²) in [6.07, 6.45) is 5.10. The number of hydrogen-bond acceptors (Lipinski definition) is 4. The molecule has 5 heteroatoms. The van der Waals surface area contributed by atoms with Gasteiger partial charge in [-0.25, -0.2) is 0 Å². The number of pyridine rings is 1. The monoisotopic (exact) mass is 221 g/mol. The first-order chi connectivity index (χ1) is 7.66.